The van der Waals surface area contributed by atoms with Gasteiger partial charge in [0, 0.05) is 0 Å². The molecule has 0 bridgehead atoms. The molecule has 162 valence electrons. The Morgan fingerprint density at radius 3 is 1.72 bits per heavy atom. The van der Waals surface area contributed by atoms with Gasteiger partial charge >= 0.3 is 0 Å². The molecule has 0 aliphatic rings. The van der Waals surface area contributed by atoms with Crippen molar-refractivity contribution in [3.05, 3.63) is 117 Å². The molecule has 4 aromatic rings. The summed E-state index contributed by atoms with van der Waals surface area (Å²) in [5.41, 5.74) is 3.91. The summed E-state index contributed by atoms with van der Waals surface area (Å²) < 4.78 is 11.1. The molecule has 0 saturated heterocycles. The van der Waals surface area contributed by atoms with Gasteiger partial charge < -0.3 is 9.47 Å². The molecule has 4 rings (SSSR count). The largest absolute Gasteiger partial charge is 0.493 e. The third-order valence-corrected chi connectivity index (χ3v) is 6.74. The molecule has 0 spiro atoms. The second-order valence-corrected chi connectivity index (χ2v) is 8.81. The number of aryl methyl sites for hydroxylation is 2. The van der Waals surface area contributed by atoms with Crippen molar-refractivity contribution in [3.8, 4) is 11.5 Å². The fourth-order valence-corrected chi connectivity index (χ4v) is 4.88. The zero-order chi connectivity index (χ0) is 22.7. The Kier molecular flexibility index (Phi) is 6.15. The lowest BCUT2D eigenvalue weighted by Gasteiger charge is -2.34. The van der Waals surface area contributed by atoms with Crippen molar-refractivity contribution in [1.82, 2.24) is 0 Å². The SMILES string of the molecule is COc1ccc(C(C(=O)c2cccs2)(c2ccc(C)cc2)c2ccc(C)cc2)cc1OC. The quantitative estimate of drug-likeness (QED) is 0.239. The normalized spacial score (nSPS) is 11.2. The maximum Gasteiger partial charge on any atom is 0.192 e. The summed E-state index contributed by atoms with van der Waals surface area (Å²) in [5, 5.41) is 1.94. The van der Waals surface area contributed by atoms with Crippen LogP contribution in [0.5, 0.6) is 11.5 Å². The average Bonchev–Trinajstić information content (AvgIpc) is 3.36. The molecule has 0 unspecified atom stereocenters. The highest BCUT2D eigenvalue weighted by Gasteiger charge is 2.45. The highest BCUT2D eigenvalue weighted by Crippen LogP contribution is 2.45. The zero-order valence-corrected chi connectivity index (χ0v) is 19.5. The van der Waals surface area contributed by atoms with E-state index in [0.717, 1.165) is 27.8 Å². The van der Waals surface area contributed by atoms with Gasteiger partial charge in [-0.2, -0.15) is 0 Å². The molecule has 0 saturated carbocycles. The first kappa shape index (κ1) is 21.8. The number of carbonyl (C=O) groups excluding carboxylic acids is 1. The van der Waals surface area contributed by atoms with Crippen LogP contribution in [0.4, 0.5) is 0 Å². The molecule has 4 heteroatoms. The molecular formula is C28H26O3S. The summed E-state index contributed by atoms with van der Waals surface area (Å²) in [6.07, 6.45) is 0. The van der Waals surface area contributed by atoms with Crippen molar-refractivity contribution in [3.63, 3.8) is 0 Å². The summed E-state index contributed by atoms with van der Waals surface area (Å²) in [6, 6.07) is 26.0. The number of thiophene rings is 1. The van der Waals surface area contributed by atoms with E-state index in [1.165, 1.54) is 11.3 Å². The van der Waals surface area contributed by atoms with Gasteiger partial charge in [-0.15, -0.1) is 11.3 Å². The summed E-state index contributed by atoms with van der Waals surface area (Å²) in [7, 11) is 3.23. The number of ketones is 1. The zero-order valence-electron chi connectivity index (χ0n) is 18.7. The highest BCUT2D eigenvalue weighted by molar-refractivity contribution is 7.12. The minimum atomic E-state index is -1.04. The smallest absolute Gasteiger partial charge is 0.192 e. The fourth-order valence-electron chi connectivity index (χ4n) is 4.16. The van der Waals surface area contributed by atoms with E-state index in [2.05, 4.69) is 62.4 Å². The molecule has 0 aliphatic carbocycles. The third kappa shape index (κ3) is 3.71. The molecule has 32 heavy (non-hydrogen) atoms. The van der Waals surface area contributed by atoms with Crippen LogP contribution in [-0.4, -0.2) is 20.0 Å². The van der Waals surface area contributed by atoms with Crippen LogP contribution in [-0.2, 0) is 5.41 Å². The maximum atomic E-state index is 14.4. The Balaban J connectivity index is 2.11. The Morgan fingerprint density at radius 2 is 1.25 bits per heavy atom. The van der Waals surface area contributed by atoms with Gasteiger partial charge in [0.25, 0.3) is 0 Å². The molecule has 0 radical (unpaired) electrons. The first-order valence-electron chi connectivity index (χ1n) is 10.5. The van der Waals surface area contributed by atoms with Gasteiger partial charge in [-0.25, -0.2) is 0 Å². The second kappa shape index (κ2) is 9.01. The van der Waals surface area contributed by atoms with E-state index in [-0.39, 0.29) is 5.78 Å². The highest BCUT2D eigenvalue weighted by atomic mass is 32.1. The van der Waals surface area contributed by atoms with E-state index in [1.807, 2.05) is 35.7 Å². The standard InChI is InChI=1S/C28H26O3S/c1-19-7-11-21(12-8-19)28(22-13-9-20(2)10-14-22,27(29)26-6-5-17-32-26)23-15-16-24(30-3)25(18-23)31-4/h5-18H,1-4H3. The Morgan fingerprint density at radius 1 is 0.719 bits per heavy atom. The van der Waals surface area contributed by atoms with E-state index < -0.39 is 5.41 Å². The summed E-state index contributed by atoms with van der Waals surface area (Å²) in [5.74, 6) is 1.25. The van der Waals surface area contributed by atoms with Crippen molar-refractivity contribution in [2.45, 2.75) is 19.3 Å². The predicted molar refractivity (Wildman–Crippen MR) is 130 cm³/mol. The second-order valence-electron chi connectivity index (χ2n) is 7.86. The van der Waals surface area contributed by atoms with Crippen LogP contribution in [0.15, 0.2) is 84.2 Å². The molecule has 0 N–H and O–H groups in total. The molecule has 0 aliphatic heterocycles. The van der Waals surface area contributed by atoms with Gasteiger partial charge in [-0.3, -0.25) is 4.79 Å². The van der Waals surface area contributed by atoms with Crippen molar-refractivity contribution in [1.29, 1.82) is 0 Å². The van der Waals surface area contributed by atoms with E-state index in [0.29, 0.717) is 16.4 Å². The number of Topliss-reactive ketones (excluding diaryl/α,β-unsaturated/α-hetero) is 1. The molecule has 0 amide bonds. The summed E-state index contributed by atoms with van der Waals surface area (Å²) in [6.45, 7) is 4.10. The van der Waals surface area contributed by atoms with E-state index in [9.17, 15) is 4.79 Å². The van der Waals surface area contributed by atoms with Crippen LogP contribution in [0.25, 0.3) is 0 Å². The van der Waals surface area contributed by atoms with E-state index in [1.54, 1.807) is 14.2 Å². The number of hydrogen-bond acceptors (Lipinski definition) is 4. The lowest BCUT2D eigenvalue weighted by Crippen LogP contribution is -2.38. The van der Waals surface area contributed by atoms with Gasteiger partial charge in [-0.1, -0.05) is 71.8 Å². The summed E-state index contributed by atoms with van der Waals surface area (Å²) in [4.78, 5) is 15.1. The lowest BCUT2D eigenvalue weighted by molar-refractivity contribution is 0.0939. The molecule has 1 heterocycles. The third-order valence-electron chi connectivity index (χ3n) is 5.87. The number of rotatable bonds is 7. The van der Waals surface area contributed by atoms with Crippen molar-refractivity contribution < 1.29 is 14.3 Å². The maximum absolute atomic E-state index is 14.4. The number of methoxy groups -OCH3 is 2. The first-order valence-corrected chi connectivity index (χ1v) is 11.3. The monoisotopic (exact) mass is 442 g/mol. The van der Waals surface area contributed by atoms with Crippen molar-refractivity contribution in [2.75, 3.05) is 14.2 Å². The minimum absolute atomic E-state index is 0.0347. The van der Waals surface area contributed by atoms with Gasteiger partial charge in [-0.05, 0) is 54.1 Å². The van der Waals surface area contributed by atoms with Crippen molar-refractivity contribution in [2.24, 2.45) is 0 Å². The van der Waals surface area contributed by atoms with Gasteiger partial charge in [0.2, 0.25) is 0 Å². The molecule has 3 nitrogen and oxygen atoms in total. The number of benzene rings is 3. The fraction of sp³-hybridized carbons (Fsp3) is 0.179. The topological polar surface area (TPSA) is 35.5 Å². The molecule has 0 atom stereocenters. The number of ether oxygens (including phenoxy) is 2. The Bertz CT molecular complexity index is 1160. The van der Waals surface area contributed by atoms with Crippen LogP contribution >= 0.6 is 11.3 Å². The molecule has 1 aromatic heterocycles. The van der Waals surface area contributed by atoms with E-state index in [4.69, 9.17) is 9.47 Å². The Labute approximate surface area is 193 Å². The van der Waals surface area contributed by atoms with Crippen LogP contribution in [0.2, 0.25) is 0 Å². The van der Waals surface area contributed by atoms with Gasteiger partial charge in [0.05, 0.1) is 19.1 Å². The van der Waals surface area contributed by atoms with Gasteiger partial charge in [0.1, 0.15) is 5.41 Å². The molecule has 0 fully saturated rings. The predicted octanol–water partition coefficient (Wildman–Crippen LogP) is 6.60. The lowest BCUT2D eigenvalue weighted by atomic mass is 9.66. The Hall–Kier alpha value is -3.37. The van der Waals surface area contributed by atoms with Gasteiger partial charge in [0.15, 0.2) is 17.3 Å². The van der Waals surface area contributed by atoms with Crippen LogP contribution in [0.3, 0.4) is 0 Å². The van der Waals surface area contributed by atoms with Crippen LogP contribution < -0.4 is 9.47 Å². The van der Waals surface area contributed by atoms with Crippen LogP contribution in [0, 0.1) is 13.8 Å². The first-order chi connectivity index (χ1) is 15.5. The number of hydrogen-bond donors (Lipinski definition) is 0. The summed E-state index contributed by atoms with van der Waals surface area (Å²) >= 11 is 1.46. The average molecular weight is 443 g/mol. The van der Waals surface area contributed by atoms with Crippen LogP contribution in [0.1, 0.15) is 37.5 Å². The molecule has 3 aromatic carbocycles. The van der Waals surface area contributed by atoms with Crippen molar-refractivity contribution >= 4 is 17.1 Å². The minimum Gasteiger partial charge on any atom is -0.493 e. The number of carbonyl (C=O) groups is 1. The molecular weight excluding hydrogens is 416 g/mol. The van der Waals surface area contributed by atoms with E-state index >= 15 is 0 Å².